The monoisotopic (exact) mass is 376 g/mol. The van der Waals surface area contributed by atoms with Gasteiger partial charge in [-0.05, 0) is 0 Å². The van der Waals surface area contributed by atoms with E-state index in [1.807, 2.05) is 0 Å². The van der Waals surface area contributed by atoms with Crippen molar-refractivity contribution in [2.45, 2.75) is 24.9 Å². The molecule has 0 amide bonds. The maximum absolute atomic E-state index is 11.9. The largest absolute Gasteiger partial charge is 0.491 e. The van der Waals surface area contributed by atoms with Crippen LogP contribution in [-0.2, 0) is 4.74 Å². The second-order valence-electron chi connectivity index (χ2n) is 6.15. The van der Waals surface area contributed by atoms with Crippen molar-refractivity contribution >= 4 is 22.8 Å². The van der Waals surface area contributed by atoms with Gasteiger partial charge in [-0.2, -0.15) is 4.98 Å². The first kappa shape index (κ1) is 17.2. The molecule has 0 saturated carbocycles. The number of fused-ring (bicyclic) bond motifs is 1. The molecule has 12 nitrogen and oxygen atoms in total. The van der Waals surface area contributed by atoms with Gasteiger partial charge in [0.1, 0.15) is 18.0 Å². The number of nitrogens with one attached hydrogen (secondary N) is 2. The molecule has 2 aromatic heterocycles. The van der Waals surface area contributed by atoms with Gasteiger partial charge in [0.25, 0.3) is 16.4 Å². The minimum Gasteiger partial charge on any atom is -0.491 e. The minimum absolute atomic E-state index is 0.0384. The fourth-order valence-corrected chi connectivity index (χ4v) is 3.15. The van der Waals surface area contributed by atoms with Crippen molar-refractivity contribution < 1.29 is 14.6 Å². The molecule has 0 spiro atoms. The molecule has 0 radical (unpaired) electrons. The molecule has 3 atom stereocenters. The zero-order valence-corrected chi connectivity index (χ0v) is 14.1. The van der Waals surface area contributed by atoms with Crippen LogP contribution < -0.4 is 32.2 Å². The number of nitrogens with two attached hydrogens (primary N) is 1. The highest BCUT2D eigenvalue weighted by Gasteiger charge is 2.36. The molecular weight excluding hydrogens is 360 g/mol. The van der Waals surface area contributed by atoms with Crippen LogP contribution in [0, 0.1) is 0 Å². The zero-order chi connectivity index (χ0) is 19.3. The quantitative estimate of drug-likeness (QED) is 0.367. The van der Waals surface area contributed by atoms with Crippen molar-refractivity contribution in [3.05, 3.63) is 37.1 Å². The highest BCUT2D eigenvalue weighted by molar-refractivity contribution is 5.70. The van der Waals surface area contributed by atoms with E-state index < -0.39 is 34.9 Å². The Hall–Kier alpha value is -3.25. The predicted octanol–water partition coefficient (Wildman–Crippen LogP) is -1.93. The molecule has 0 bridgehead atoms. The number of imidazole rings is 1. The van der Waals surface area contributed by atoms with Gasteiger partial charge in [-0.1, -0.05) is 0 Å². The van der Waals surface area contributed by atoms with E-state index in [9.17, 15) is 19.5 Å². The highest BCUT2D eigenvalue weighted by Crippen LogP contribution is 2.31. The number of rotatable bonds is 5. The lowest BCUT2D eigenvalue weighted by Crippen LogP contribution is -2.38. The van der Waals surface area contributed by atoms with E-state index in [4.69, 9.17) is 15.2 Å². The average molecular weight is 376 g/mol. The number of aromatic nitrogens is 4. The van der Waals surface area contributed by atoms with E-state index in [2.05, 4.69) is 20.3 Å². The number of H-pyrrole nitrogens is 1. The summed E-state index contributed by atoms with van der Waals surface area (Å²) in [5, 5.41) is 13.1. The van der Waals surface area contributed by atoms with Crippen molar-refractivity contribution in [1.82, 2.24) is 19.5 Å². The van der Waals surface area contributed by atoms with Crippen molar-refractivity contribution in [3.8, 4) is 5.75 Å². The van der Waals surface area contributed by atoms with Crippen LogP contribution in [0.4, 0.5) is 11.6 Å². The summed E-state index contributed by atoms with van der Waals surface area (Å²) in [7, 11) is 1.29. The van der Waals surface area contributed by atoms with Crippen LogP contribution in [-0.4, -0.2) is 50.5 Å². The summed E-state index contributed by atoms with van der Waals surface area (Å²) in [6.45, 7) is 0.0850. The SMILES string of the molecule is COc1c(NC[C@H]2O[C@@H](n3cnc4c(=O)[nH]c(N)nc43)C[C@@H]2O)c(=O)c1=O. The first-order chi connectivity index (χ1) is 12.9. The van der Waals surface area contributed by atoms with Gasteiger partial charge in [0, 0.05) is 13.0 Å². The van der Waals surface area contributed by atoms with Gasteiger partial charge in [0.2, 0.25) is 5.95 Å². The molecule has 3 aromatic rings. The Balaban J connectivity index is 1.52. The van der Waals surface area contributed by atoms with Gasteiger partial charge < -0.3 is 25.6 Å². The van der Waals surface area contributed by atoms with Gasteiger partial charge in [0.15, 0.2) is 16.9 Å². The van der Waals surface area contributed by atoms with E-state index in [0.29, 0.717) is 0 Å². The predicted molar refractivity (Wildman–Crippen MR) is 93.5 cm³/mol. The van der Waals surface area contributed by atoms with Gasteiger partial charge >= 0.3 is 0 Å². The lowest BCUT2D eigenvalue weighted by Gasteiger charge is -2.18. The van der Waals surface area contributed by atoms with Crippen LogP contribution >= 0.6 is 0 Å². The van der Waals surface area contributed by atoms with Crippen LogP contribution in [0.15, 0.2) is 20.7 Å². The second kappa shape index (κ2) is 6.17. The number of nitrogens with zero attached hydrogens (tertiary/aromatic N) is 3. The average Bonchev–Trinajstić information content (AvgIpc) is 3.21. The topological polar surface area (TPSA) is 174 Å². The number of methoxy groups -OCH3 is 1. The molecule has 0 aliphatic carbocycles. The maximum Gasteiger partial charge on any atom is 0.280 e. The Morgan fingerprint density at radius 2 is 2.22 bits per heavy atom. The third-order valence-corrected chi connectivity index (χ3v) is 4.52. The van der Waals surface area contributed by atoms with Crippen molar-refractivity contribution in [2.75, 3.05) is 24.7 Å². The van der Waals surface area contributed by atoms with Gasteiger partial charge in [-0.25, -0.2) is 4.98 Å². The molecular formula is C15H16N6O6. The number of aliphatic hydroxyl groups is 1. The lowest BCUT2D eigenvalue weighted by molar-refractivity contribution is -0.00938. The molecule has 27 heavy (non-hydrogen) atoms. The molecule has 1 aromatic carbocycles. The summed E-state index contributed by atoms with van der Waals surface area (Å²) >= 11 is 0. The van der Waals surface area contributed by atoms with E-state index in [1.54, 1.807) is 0 Å². The van der Waals surface area contributed by atoms with Crippen LogP contribution in [0.5, 0.6) is 5.75 Å². The number of anilines is 2. The Morgan fingerprint density at radius 1 is 1.44 bits per heavy atom. The Labute approximate surface area is 150 Å². The lowest BCUT2D eigenvalue weighted by atomic mass is 10.1. The molecule has 142 valence electrons. The highest BCUT2D eigenvalue weighted by atomic mass is 16.5. The van der Waals surface area contributed by atoms with Crippen LogP contribution in [0.3, 0.4) is 0 Å². The molecule has 1 aliphatic heterocycles. The molecule has 1 fully saturated rings. The molecule has 1 saturated heterocycles. The van der Waals surface area contributed by atoms with Crippen LogP contribution in [0.2, 0.25) is 0 Å². The van der Waals surface area contributed by atoms with Crippen LogP contribution in [0.1, 0.15) is 12.6 Å². The number of hydrogen-bond acceptors (Lipinski definition) is 10. The third kappa shape index (κ3) is 2.65. The number of hydrogen-bond donors (Lipinski definition) is 4. The zero-order valence-electron chi connectivity index (χ0n) is 14.1. The Bertz CT molecular complexity index is 1140. The second-order valence-corrected chi connectivity index (χ2v) is 6.15. The van der Waals surface area contributed by atoms with E-state index in [0.717, 1.165) is 0 Å². The number of ether oxygens (including phenoxy) is 2. The minimum atomic E-state index is -0.850. The molecule has 3 heterocycles. The van der Waals surface area contributed by atoms with E-state index in [-0.39, 0.29) is 41.5 Å². The summed E-state index contributed by atoms with van der Waals surface area (Å²) in [5.41, 5.74) is 4.16. The number of nitrogen functional groups attached to an aromatic ring is 1. The maximum atomic E-state index is 11.9. The smallest absolute Gasteiger partial charge is 0.280 e. The fourth-order valence-electron chi connectivity index (χ4n) is 3.15. The summed E-state index contributed by atoms with van der Waals surface area (Å²) in [5.74, 6) is -0.0956. The molecule has 0 unspecified atom stereocenters. The van der Waals surface area contributed by atoms with Crippen molar-refractivity contribution in [2.24, 2.45) is 0 Å². The fraction of sp³-hybridized carbons (Fsp3) is 0.400. The molecule has 1 aliphatic rings. The first-order valence-electron chi connectivity index (χ1n) is 8.07. The van der Waals surface area contributed by atoms with E-state index >= 15 is 0 Å². The normalized spacial score (nSPS) is 22.5. The van der Waals surface area contributed by atoms with Gasteiger partial charge in [-0.3, -0.25) is 23.9 Å². The Morgan fingerprint density at radius 3 is 2.96 bits per heavy atom. The molecule has 4 rings (SSSR count). The van der Waals surface area contributed by atoms with Crippen LogP contribution in [0.25, 0.3) is 11.2 Å². The summed E-state index contributed by atoms with van der Waals surface area (Å²) in [4.78, 5) is 45.2. The summed E-state index contributed by atoms with van der Waals surface area (Å²) in [6, 6.07) is 0. The summed E-state index contributed by atoms with van der Waals surface area (Å²) in [6.07, 6.45) is -0.535. The van der Waals surface area contributed by atoms with Crippen molar-refractivity contribution in [3.63, 3.8) is 0 Å². The number of aromatic amines is 1. The number of aliphatic hydroxyl groups excluding tert-OH is 1. The molecule has 5 N–H and O–H groups in total. The molecule has 12 heteroatoms. The van der Waals surface area contributed by atoms with Crippen molar-refractivity contribution in [1.29, 1.82) is 0 Å². The van der Waals surface area contributed by atoms with E-state index in [1.165, 1.54) is 18.0 Å². The van der Waals surface area contributed by atoms with Gasteiger partial charge in [-0.15, -0.1) is 0 Å². The summed E-state index contributed by atoms with van der Waals surface area (Å²) < 4.78 is 12.2. The standard InChI is InChI=1S/C15H16N6O6/c1-26-12-8(10(23)11(12)24)17-3-6-5(22)2-7(27-6)21-4-18-9-13(21)19-15(16)20-14(9)25/h4-7,17,22H,2-3H2,1H3,(H3,16,19,20,25)/t5-,6+,7+/m0/s1. The first-order valence-corrected chi connectivity index (χ1v) is 8.07. The third-order valence-electron chi connectivity index (χ3n) is 4.52. The van der Waals surface area contributed by atoms with Gasteiger partial charge in [0.05, 0.1) is 19.5 Å². The Kier molecular flexibility index (Phi) is 3.93.